The number of carbonyl (C=O) groups is 1. The maximum absolute atomic E-state index is 10.7. The Hall–Kier alpha value is -1.22. The lowest BCUT2D eigenvalue weighted by Gasteiger charge is -2.18. The van der Waals surface area contributed by atoms with Crippen molar-refractivity contribution in [3.05, 3.63) is 30.1 Å². The molecule has 0 aromatic carbocycles. The molecule has 1 unspecified atom stereocenters. The summed E-state index contributed by atoms with van der Waals surface area (Å²) in [6.45, 7) is 1.44. The number of aliphatic hydroxyl groups is 1. The minimum absolute atomic E-state index is 0.215. The zero-order chi connectivity index (χ0) is 9.03. The average molecular weight is 165 g/mol. The molecule has 1 rings (SSSR count). The van der Waals surface area contributed by atoms with Gasteiger partial charge in [-0.2, -0.15) is 0 Å². The number of carbonyl (C=O) groups excluding carboxylic acids is 1. The van der Waals surface area contributed by atoms with Crippen molar-refractivity contribution in [2.75, 3.05) is 6.61 Å². The van der Waals surface area contributed by atoms with E-state index in [-0.39, 0.29) is 6.61 Å². The molecule has 1 atom stereocenters. The van der Waals surface area contributed by atoms with Crippen LogP contribution in [-0.2, 0) is 10.2 Å². The van der Waals surface area contributed by atoms with E-state index in [1.807, 2.05) is 0 Å². The van der Waals surface area contributed by atoms with Crippen molar-refractivity contribution in [2.45, 2.75) is 12.3 Å². The van der Waals surface area contributed by atoms with Gasteiger partial charge in [-0.15, -0.1) is 0 Å². The molecule has 0 spiro atoms. The van der Waals surface area contributed by atoms with Gasteiger partial charge in [-0.1, -0.05) is 6.07 Å². The fraction of sp³-hybridized carbons (Fsp3) is 0.333. The van der Waals surface area contributed by atoms with Crippen LogP contribution in [0.15, 0.2) is 24.4 Å². The highest BCUT2D eigenvalue weighted by Gasteiger charge is 2.26. The second-order valence-electron chi connectivity index (χ2n) is 2.91. The molecule has 3 heteroatoms. The minimum Gasteiger partial charge on any atom is -0.395 e. The van der Waals surface area contributed by atoms with Gasteiger partial charge in [0.25, 0.3) is 0 Å². The molecule has 3 nitrogen and oxygen atoms in total. The Morgan fingerprint density at radius 3 is 2.83 bits per heavy atom. The summed E-state index contributed by atoms with van der Waals surface area (Å²) in [7, 11) is 0. The van der Waals surface area contributed by atoms with Gasteiger partial charge < -0.3 is 9.90 Å². The van der Waals surface area contributed by atoms with Gasteiger partial charge in [0.05, 0.1) is 17.7 Å². The molecule has 1 heterocycles. The van der Waals surface area contributed by atoms with Crippen LogP contribution in [-0.4, -0.2) is 23.0 Å². The van der Waals surface area contributed by atoms with E-state index in [0.29, 0.717) is 5.69 Å². The van der Waals surface area contributed by atoms with E-state index >= 15 is 0 Å². The van der Waals surface area contributed by atoms with Crippen molar-refractivity contribution in [1.29, 1.82) is 0 Å². The van der Waals surface area contributed by atoms with Gasteiger partial charge in [-0.05, 0) is 19.1 Å². The molecule has 0 aliphatic heterocycles. The molecular formula is C9H11NO2. The minimum atomic E-state index is -0.860. The molecule has 0 aliphatic rings. The van der Waals surface area contributed by atoms with Crippen molar-refractivity contribution in [1.82, 2.24) is 4.98 Å². The highest BCUT2D eigenvalue weighted by atomic mass is 16.3. The Morgan fingerprint density at radius 2 is 2.42 bits per heavy atom. The van der Waals surface area contributed by atoms with Crippen LogP contribution in [0.3, 0.4) is 0 Å². The number of pyridine rings is 1. The summed E-state index contributed by atoms with van der Waals surface area (Å²) in [5.41, 5.74) is -0.260. The Kier molecular flexibility index (Phi) is 2.55. The van der Waals surface area contributed by atoms with Crippen LogP contribution in [0.25, 0.3) is 0 Å². The van der Waals surface area contributed by atoms with Crippen molar-refractivity contribution >= 4 is 6.29 Å². The van der Waals surface area contributed by atoms with Crippen molar-refractivity contribution in [2.24, 2.45) is 0 Å². The first-order chi connectivity index (χ1) is 5.73. The molecule has 0 amide bonds. The third-order valence-corrected chi connectivity index (χ3v) is 1.84. The molecule has 1 aromatic heterocycles. The Morgan fingerprint density at radius 1 is 1.67 bits per heavy atom. The number of hydrogen-bond acceptors (Lipinski definition) is 3. The van der Waals surface area contributed by atoms with Crippen LogP contribution in [0.2, 0.25) is 0 Å². The quantitative estimate of drug-likeness (QED) is 0.665. The average Bonchev–Trinajstić information content (AvgIpc) is 2.18. The van der Waals surface area contributed by atoms with E-state index in [1.165, 1.54) is 0 Å². The van der Waals surface area contributed by atoms with E-state index in [4.69, 9.17) is 5.11 Å². The third kappa shape index (κ3) is 1.51. The Labute approximate surface area is 71.1 Å². The second kappa shape index (κ2) is 3.45. The molecule has 0 aliphatic carbocycles. The van der Waals surface area contributed by atoms with Crippen LogP contribution < -0.4 is 0 Å². The van der Waals surface area contributed by atoms with Gasteiger partial charge in [0.1, 0.15) is 6.29 Å². The van der Waals surface area contributed by atoms with Gasteiger partial charge in [0, 0.05) is 6.20 Å². The van der Waals surface area contributed by atoms with Crippen LogP contribution >= 0.6 is 0 Å². The number of rotatable bonds is 3. The fourth-order valence-corrected chi connectivity index (χ4v) is 0.879. The molecule has 0 radical (unpaired) electrons. The number of aromatic nitrogens is 1. The normalized spacial score (nSPS) is 15.2. The van der Waals surface area contributed by atoms with Gasteiger partial charge >= 0.3 is 0 Å². The highest BCUT2D eigenvalue weighted by Crippen LogP contribution is 2.17. The Balaban J connectivity index is 3.03. The molecule has 12 heavy (non-hydrogen) atoms. The third-order valence-electron chi connectivity index (χ3n) is 1.84. The molecule has 0 saturated heterocycles. The lowest BCUT2D eigenvalue weighted by atomic mass is 9.89. The molecule has 0 saturated carbocycles. The van der Waals surface area contributed by atoms with E-state index in [1.54, 1.807) is 31.3 Å². The lowest BCUT2D eigenvalue weighted by molar-refractivity contribution is -0.113. The van der Waals surface area contributed by atoms with E-state index in [2.05, 4.69) is 4.98 Å². The van der Waals surface area contributed by atoms with Crippen molar-refractivity contribution in [3.8, 4) is 0 Å². The summed E-state index contributed by atoms with van der Waals surface area (Å²) >= 11 is 0. The van der Waals surface area contributed by atoms with Gasteiger partial charge in [0.2, 0.25) is 0 Å². The largest absolute Gasteiger partial charge is 0.395 e. The molecular weight excluding hydrogens is 154 g/mol. The molecule has 0 bridgehead atoms. The monoisotopic (exact) mass is 165 g/mol. The molecule has 1 aromatic rings. The number of nitrogens with zero attached hydrogens (tertiary/aromatic N) is 1. The number of aldehydes is 1. The fourth-order valence-electron chi connectivity index (χ4n) is 0.879. The maximum atomic E-state index is 10.7. The maximum Gasteiger partial charge on any atom is 0.134 e. The summed E-state index contributed by atoms with van der Waals surface area (Å²) in [5.74, 6) is 0. The van der Waals surface area contributed by atoms with Crippen LogP contribution in [0.1, 0.15) is 12.6 Å². The van der Waals surface area contributed by atoms with Crippen LogP contribution in [0, 0.1) is 0 Å². The SMILES string of the molecule is CC(C=O)(CO)c1ccccn1. The van der Waals surface area contributed by atoms with Crippen molar-refractivity contribution in [3.63, 3.8) is 0 Å². The molecule has 64 valence electrons. The lowest BCUT2D eigenvalue weighted by Crippen LogP contribution is -2.29. The van der Waals surface area contributed by atoms with E-state index in [9.17, 15) is 4.79 Å². The predicted octanol–water partition coefficient (Wildman–Crippen LogP) is 0.530. The standard InChI is InChI=1S/C9H11NO2/c1-9(6-11,7-12)8-4-2-3-5-10-8/h2-6,12H,7H2,1H3. The van der Waals surface area contributed by atoms with E-state index in [0.717, 1.165) is 6.29 Å². The van der Waals surface area contributed by atoms with Gasteiger partial charge in [0.15, 0.2) is 0 Å². The zero-order valence-electron chi connectivity index (χ0n) is 6.90. The summed E-state index contributed by atoms with van der Waals surface area (Å²) in [6, 6.07) is 5.29. The highest BCUT2D eigenvalue weighted by molar-refractivity contribution is 5.66. The van der Waals surface area contributed by atoms with E-state index < -0.39 is 5.41 Å². The first-order valence-electron chi connectivity index (χ1n) is 3.71. The van der Waals surface area contributed by atoms with Gasteiger partial charge in [-0.25, -0.2) is 0 Å². The summed E-state index contributed by atoms with van der Waals surface area (Å²) < 4.78 is 0. The topological polar surface area (TPSA) is 50.2 Å². The number of hydrogen-bond donors (Lipinski definition) is 1. The smallest absolute Gasteiger partial charge is 0.134 e. The van der Waals surface area contributed by atoms with Crippen molar-refractivity contribution < 1.29 is 9.90 Å². The molecule has 0 fully saturated rings. The predicted molar refractivity (Wildman–Crippen MR) is 44.7 cm³/mol. The first-order valence-corrected chi connectivity index (χ1v) is 3.71. The summed E-state index contributed by atoms with van der Waals surface area (Å²) in [4.78, 5) is 14.7. The first kappa shape index (κ1) is 8.87. The zero-order valence-corrected chi connectivity index (χ0v) is 6.90. The second-order valence-corrected chi connectivity index (χ2v) is 2.91. The number of aliphatic hydroxyl groups excluding tert-OH is 1. The summed E-state index contributed by atoms with van der Waals surface area (Å²) in [6.07, 6.45) is 2.32. The van der Waals surface area contributed by atoms with Crippen LogP contribution in [0.5, 0.6) is 0 Å². The molecule has 1 N–H and O–H groups in total. The summed E-state index contributed by atoms with van der Waals surface area (Å²) in [5, 5.41) is 8.97. The Bertz CT molecular complexity index is 260. The van der Waals surface area contributed by atoms with Crippen LogP contribution in [0.4, 0.5) is 0 Å². The van der Waals surface area contributed by atoms with Gasteiger partial charge in [-0.3, -0.25) is 4.98 Å².